The lowest BCUT2D eigenvalue weighted by molar-refractivity contribution is 0.590. The van der Waals surface area contributed by atoms with E-state index in [0.29, 0.717) is 0 Å². The van der Waals surface area contributed by atoms with Crippen LogP contribution < -0.4 is 10.0 Å². The molecule has 2 N–H and O–H groups in total. The van der Waals surface area contributed by atoms with Crippen molar-refractivity contribution in [2.45, 2.75) is 44.0 Å². The minimum atomic E-state index is -3.64. The highest BCUT2D eigenvalue weighted by molar-refractivity contribution is 7.89. The van der Waals surface area contributed by atoms with Crippen LogP contribution >= 0.6 is 0 Å². The number of hydrogen-bond acceptors (Lipinski definition) is 3. The Morgan fingerprint density at radius 2 is 1.75 bits per heavy atom. The van der Waals surface area contributed by atoms with Crippen molar-refractivity contribution in [2.24, 2.45) is 5.14 Å². The van der Waals surface area contributed by atoms with Crippen molar-refractivity contribution < 1.29 is 8.42 Å². The Kier molecular flexibility index (Phi) is 4.18. The number of rotatable bonds is 3. The van der Waals surface area contributed by atoms with Crippen LogP contribution in [-0.2, 0) is 28.4 Å². The first-order valence-corrected chi connectivity index (χ1v) is 9.69. The van der Waals surface area contributed by atoms with E-state index in [1.54, 1.807) is 12.1 Å². The van der Waals surface area contributed by atoms with Gasteiger partial charge in [-0.15, -0.1) is 0 Å². The highest BCUT2D eigenvalue weighted by atomic mass is 32.2. The van der Waals surface area contributed by atoms with Crippen LogP contribution in [0.1, 0.15) is 37.5 Å². The third-order valence-corrected chi connectivity index (χ3v) is 5.48. The molecule has 3 rings (SSSR count). The molecule has 128 valence electrons. The van der Waals surface area contributed by atoms with E-state index in [0.717, 1.165) is 30.8 Å². The number of nitrogens with zero attached hydrogens (tertiary/aromatic N) is 1. The summed E-state index contributed by atoms with van der Waals surface area (Å²) < 4.78 is 23.0. The van der Waals surface area contributed by atoms with Gasteiger partial charge < -0.3 is 4.90 Å². The van der Waals surface area contributed by atoms with Crippen molar-refractivity contribution in [2.75, 3.05) is 11.4 Å². The van der Waals surface area contributed by atoms with Crippen LogP contribution in [0.15, 0.2) is 47.4 Å². The van der Waals surface area contributed by atoms with Gasteiger partial charge in [-0.05, 0) is 46.7 Å². The molecule has 0 saturated heterocycles. The lowest BCUT2D eigenvalue weighted by atomic mass is 9.87. The normalized spacial score (nSPS) is 14.8. The van der Waals surface area contributed by atoms with Gasteiger partial charge >= 0.3 is 0 Å². The number of primary sulfonamides is 1. The minimum absolute atomic E-state index is 0.156. The molecule has 1 aliphatic rings. The summed E-state index contributed by atoms with van der Waals surface area (Å²) in [6.07, 6.45) is 0.846. The Labute approximate surface area is 144 Å². The summed E-state index contributed by atoms with van der Waals surface area (Å²) in [6.45, 7) is 8.35. The maximum absolute atomic E-state index is 11.5. The maximum Gasteiger partial charge on any atom is 0.238 e. The van der Waals surface area contributed by atoms with Crippen molar-refractivity contribution in [3.63, 3.8) is 0 Å². The van der Waals surface area contributed by atoms with Gasteiger partial charge in [0.25, 0.3) is 0 Å². The third-order valence-electron chi connectivity index (χ3n) is 4.56. The summed E-state index contributed by atoms with van der Waals surface area (Å²) in [4.78, 5) is 2.48. The molecule has 0 fully saturated rings. The molecule has 0 aliphatic carbocycles. The van der Waals surface area contributed by atoms with Gasteiger partial charge in [-0.25, -0.2) is 13.6 Å². The quantitative estimate of drug-likeness (QED) is 0.930. The number of benzene rings is 2. The monoisotopic (exact) mass is 344 g/mol. The fraction of sp³-hybridized carbons (Fsp3) is 0.368. The van der Waals surface area contributed by atoms with E-state index in [9.17, 15) is 8.42 Å². The molecule has 2 aromatic carbocycles. The fourth-order valence-corrected chi connectivity index (χ4v) is 3.68. The van der Waals surface area contributed by atoms with Crippen LogP contribution in [0, 0.1) is 0 Å². The van der Waals surface area contributed by atoms with Crippen molar-refractivity contribution >= 4 is 15.7 Å². The highest BCUT2D eigenvalue weighted by Gasteiger charge is 2.21. The predicted molar refractivity (Wildman–Crippen MR) is 97.7 cm³/mol. The van der Waals surface area contributed by atoms with E-state index in [-0.39, 0.29) is 10.3 Å². The van der Waals surface area contributed by atoms with Crippen molar-refractivity contribution in [1.29, 1.82) is 0 Å². The van der Waals surface area contributed by atoms with Crippen LogP contribution in [0.5, 0.6) is 0 Å². The first-order chi connectivity index (χ1) is 11.1. The van der Waals surface area contributed by atoms with E-state index in [4.69, 9.17) is 5.14 Å². The maximum atomic E-state index is 11.5. The lowest BCUT2D eigenvalue weighted by Crippen LogP contribution is -2.20. The molecule has 5 heteroatoms. The second-order valence-electron chi connectivity index (χ2n) is 7.45. The first kappa shape index (κ1) is 17.0. The summed E-state index contributed by atoms with van der Waals surface area (Å²) in [5, 5.41) is 5.22. The number of anilines is 1. The molecule has 0 amide bonds. The lowest BCUT2D eigenvalue weighted by Gasteiger charge is -2.22. The van der Waals surface area contributed by atoms with Gasteiger partial charge in [-0.2, -0.15) is 0 Å². The molecule has 1 aliphatic heterocycles. The number of nitrogens with two attached hydrogens (primary N) is 1. The van der Waals surface area contributed by atoms with E-state index in [1.165, 1.54) is 11.1 Å². The SMILES string of the molecule is CC(C)(C)c1ccc(CN2CCc3cc(S(N)(=O)=O)ccc32)cc1. The summed E-state index contributed by atoms with van der Waals surface area (Å²) >= 11 is 0. The van der Waals surface area contributed by atoms with Gasteiger partial charge in [0.2, 0.25) is 10.0 Å². The Bertz CT molecular complexity index is 850. The Hall–Kier alpha value is -1.85. The average Bonchev–Trinajstić information content (AvgIpc) is 2.88. The van der Waals surface area contributed by atoms with Gasteiger partial charge in [0.05, 0.1) is 4.90 Å². The molecule has 0 saturated carbocycles. The molecular weight excluding hydrogens is 320 g/mol. The Morgan fingerprint density at radius 3 is 2.33 bits per heavy atom. The van der Waals surface area contributed by atoms with E-state index >= 15 is 0 Å². The number of fused-ring (bicyclic) bond motifs is 1. The van der Waals surface area contributed by atoms with E-state index in [2.05, 4.69) is 49.9 Å². The van der Waals surface area contributed by atoms with Crippen LogP contribution in [-0.4, -0.2) is 15.0 Å². The molecule has 4 nitrogen and oxygen atoms in total. The summed E-state index contributed by atoms with van der Waals surface area (Å²) in [5.74, 6) is 0. The smallest absolute Gasteiger partial charge is 0.238 e. The topological polar surface area (TPSA) is 63.4 Å². The second kappa shape index (κ2) is 5.90. The highest BCUT2D eigenvalue weighted by Crippen LogP contribution is 2.31. The third kappa shape index (κ3) is 3.47. The standard InChI is InChI=1S/C19H24N2O2S/c1-19(2,3)16-6-4-14(5-7-16)13-21-11-10-15-12-17(24(20,22)23)8-9-18(15)21/h4-9,12H,10-11,13H2,1-3H3,(H2,20,22,23). The van der Waals surface area contributed by atoms with E-state index < -0.39 is 10.0 Å². The van der Waals surface area contributed by atoms with Gasteiger partial charge in [0, 0.05) is 18.8 Å². The molecule has 0 aromatic heterocycles. The van der Waals surface area contributed by atoms with Crippen molar-refractivity contribution in [3.8, 4) is 0 Å². The zero-order valence-corrected chi connectivity index (χ0v) is 15.2. The van der Waals surface area contributed by atoms with Crippen LogP contribution in [0.4, 0.5) is 5.69 Å². The molecule has 1 heterocycles. The summed E-state index contributed by atoms with van der Waals surface area (Å²) in [5.41, 5.74) is 4.88. The number of hydrogen-bond donors (Lipinski definition) is 1. The minimum Gasteiger partial charge on any atom is -0.367 e. The Morgan fingerprint density at radius 1 is 1.08 bits per heavy atom. The molecule has 0 radical (unpaired) electrons. The zero-order chi connectivity index (χ0) is 17.5. The largest absolute Gasteiger partial charge is 0.367 e. The van der Waals surface area contributed by atoms with Crippen LogP contribution in [0.2, 0.25) is 0 Å². The molecule has 0 bridgehead atoms. The summed E-state index contributed by atoms with van der Waals surface area (Å²) in [7, 11) is -3.64. The molecule has 2 aromatic rings. The van der Waals surface area contributed by atoms with Gasteiger partial charge in [-0.3, -0.25) is 0 Å². The van der Waals surface area contributed by atoms with Crippen LogP contribution in [0.3, 0.4) is 0 Å². The fourth-order valence-electron chi connectivity index (χ4n) is 3.12. The second-order valence-corrected chi connectivity index (χ2v) is 9.02. The van der Waals surface area contributed by atoms with Gasteiger partial charge in [0.15, 0.2) is 0 Å². The molecule has 24 heavy (non-hydrogen) atoms. The first-order valence-electron chi connectivity index (χ1n) is 8.15. The van der Waals surface area contributed by atoms with E-state index in [1.807, 2.05) is 6.07 Å². The van der Waals surface area contributed by atoms with Gasteiger partial charge in [-0.1, -0.05) is 45.0 Å². The average molecular weight is 344 g/mol. The van der Waals surface area contributed by atoms with Crippen LogP contribution in [0.25, 0.3) is 0 Å². The number of sulfonamides is 1. The van der Waals surface area contributed by atoms with Crippen molar-refractivity contribution in [1.82, 2.24) is 0 Å². The molecule has 0 atom stereocenters. The van der Waals surface area contributed by atoms with Gasteiger partial charge in [0.1, 0.15) is 0 Å². The molecular formula is C19H24N2O2S. The Balaban J connectivity index is 1.80. The molecule has 0 spiro atoms. The predicted octanol–water partition coefficient (Wildman–Crippen LogP) is 3.19. The van der Waals surface area contributed by atoms with Crippen molar-refractivity contribution in [3.05, 3.63) is 59.2 Å². The molecule has 0 unspecified atom stereocenters. The zero-order valence-electron chi connectivity index (χ0n) is 14.4. The summed E-state index contributed by atoms with van der Waals surface area (Å²) in [6, 6.07) is 13.9.